The molecule has 6 heavy (non-hydrogen) atoms. The molecule has 0 bridgehead atoms. The molecule has 0 radical (unpaired) electrons. The fourth-order valence-electron chi connectivity index (χ4n) is 0.224. The highest BCUT2D eigenvalue weighted by atomic mass is 15.6. The van der Waals surface area contributed by atoms with E-state index in [0.717, 1.165) is 0 Å². The van der Waals surface area contributed by atoms with Crippen molar-refractivity contribution in [1.29, 1.82) is 0 Å². The van der Waals surface area contributed by atoms with Gasteiger partial charge in [-0.3, -0.25) is 4.92 Å². The van der Waals surface area contributed by atoms with Crippen molar-refractivity contribution in [3.05, 3.63) is 0 Å². The lowest BCUT2D eigenvalue weighted by Gasteiger charge is -2.08. The summed E-state index contributed by atoms with van der Waals surface area (Å²) in [4.78, 5) is 1.82. The number of hydrazine groups is 2. The largest absolute Gasteiger partial charge is 0.282 e. The standard InChI is InChI=1S/C2H10BN3/c1-4-5-6(2)3/h4-5H,3H2,1-2H3. The van der Waals surface area contributed by atoms with Gasteiger partial charge in [-0.15, -0.1) is 0 Å². The average Bonchev–Trinajstić information content (AvgIpc) is 1.35. The number of nitrogens with zero attached hydrogens (tertiary/aromatic N) is 1. The minimum Gasteiger partial charge on any atom is -0.282 e. The molecule has 4 heteroatoms. The Kier molecular flexibility index (Phi) is 3.12. The van der Waals surface area contributed by atoms with Crippen LogP contribution in [0, 0.1) is 0 Å². The number of nitrogens with one attached hydrogen (secondary N) is 2. The quantitative estimate of drug-likeness (QED) is 0.304. The third-order valence-corrected chi connectivity index (χ3v) is 0.335. The molecule has 0 saturated heterocycles. The van der Waals surface area contributed by atoms with Gasteiger partial charge in [0, 0.05) is 0 Å². The fourth-order valence-corrected chi connectivity index (χ4v) is 0.224. The molecule has 0 heterocycles. The van der Waals surface area contributed by atoms with E-state index in [1.807, 2.05) is 27.0 Å². The Bertz CT molecular complexity index is 30.0. The lowest BCUT2D eigenvalue weighted by atomic mass is 10.4. The Morgan fingerprint density at radius 2 is 2.17 bits per heavy atom. The number of rotatable bonds is 2. The molecule has 0 aliphatic rings. The second-order valence-corrected chi connectivity index (χ2v) is 1.26. The number of hydrogen-bond acceptors (Lipinski definition) is 3. The molecule has 0 amide bonds. The maximum atomic E-state index is 2.79. The van der Waals surface area contributed by atoms with Gasteiger partial charge in [0.2, 0.25) is 7.98 Å². The van der Waals surface area contributed by atoms with Crippen LogP contribution in [0.5, 0.6) is 0 Å². The van der Waals surface area contributed by atoms with Crippen molar-refractivity contribution in [3.63, 3.8) is 0 Å². The highest BCUT2D eigenvalue weighted by Gasteiger charge is 1.75. The zero-order valence-corrected chi connectivity index (χ0v) is 4.45. The van der Waals surface area contributed by atoms with Crippen molar-refractivity contribution >= 4 is 7.98 Å². The van der Waals surface area contributed by atoms with E-state index in [0.29, 0.717) is 0 Å². The summed E-state index contributed by atoms with van der Waals surface area (Å²) < 4.78 is 0. The van der Waals surface area contributed by atoms with Gasteiger partial charge in [-0.2, -0.15) is 0 Å². The van der Waals surface area contributed by atoms with Crippen LogP contribution in [0.25, 0.3) is 0 Å². The van der Waals surface area contributed by atoms with Crippen molar-refractivity contribution < 1.29 is 0 Å². The Hall–Kier alpha value is -0.0551. The molecule has 3 nitrogen and oxygen atoms in total. The summed E-state index contributed by atoms with van der Waals surface area (Å²) in [5, 5.41) is 0. The van der Waals surface area contributed by atoms with Crippen LogP contribution >= 0.6 is 0 Å². The molecule has 0 spiro atoms. The molecule has 0 unspecified atom stereocenters. The van der Waals surface area contributed by atoms with Crippen molar-refractivity contribution in [2.24, 2.45) is 0 Å². The van der Waals surface area contributed by atoms with Gasteiger partial charge in [0.05, 0.1) is 0 Å². The Morgan fingerprint density at radius 1 is 1.67 bits per heavy atom. The Balaban J connectivity index is 2.63. The lowest BCUT2D eigenvalue weighted by molar-refractivity contribution is 0.346. The van der Waals surface area contributed by atoms with Crippen LogP contribution in [0.15, 0.2) is 0 Å². The van der Waals surface area contributed by atoms with Crippen molar-refractivity contribution in [2.75, 3.05) is 14.1 Å². The smallest absolute Gasteiger partial charge is 0.207 e. The summed E-state index contributed by atoms with van der Waals surface area (Å²) in [6, 6.07) is 0. The second kappa shape index (κ2) is 3.15. The van der Waals surface area contributed by atoms with Crippen LogP contribution in [0.2, 0.25) is 0 Å². The minimum absolute atomic E-state index is 1.82. The van der Waals surface area contributed by atoms with Gasteiger partial charge in [-0.05, 0) is 14.1 Å². The normalized spacial score (nSPS) is 9.83. The van der Waals surface area contributed by atoms with Crippen LogP contribution < -0.4 is 11.0 Å². The first-order valence-corrected chi connectivity index (χ1v) is 1.87. The Labute approximate surface area is 39.1 Å². The molecule has 0 saturated carbocycles. The summed E-state index contributed by atoms with van der Waals surface area (Å²) in [6.07, 6.45) is 0. The molecule has 0 atom stereocenters. The van der Waals surface area contributed by atoms with E-state index in [4.69, 9.17) is 0 Å². The van der Waals surface area contributed by atoms with Crippen molar-refractivity contribution in [2.45, 2.75) is 0 Å². The molecule has 0 aromatic heterocycles. The lowest BCUT2D eigenvalue weighted by Crippen LogP contribution is -2.40. The maximum absolute atomic E-state index is 2.79. The van der Waals surface area contributed by atoms with Gasteiger partial charge in [0.25, 0.3) is 0 Å². The summed E-state index contributed by atoms with van der Waals surface area (Å²) in [6.45, 7) is 0. The van der Waals surface area contributed by atoms with E-state index in [-0.39, 0.29) is 0 Å². The summed E-state index contributed by atoms with van der Waals surface area (Å²) in [5.74, 6) is 0. The molecule has 36 valence electrons. The van der Waals surface area contributed by atoms with Gasteiger partial charge in [0.15, 0.2) is 0 Å². The van der Waals surface area contributed by atoms with Gasteiger partial charge in [0.1, 0.15) is 0 Å². The zero-order chi connectivity index (χ0) is 4.99. The van der Waals surface area contributed by atoms with Crippen LogP contribution in [-0.4, -0.2) is 27.0 Å². The molecular weight excluding hydrogens is 76.9 g/mol. The van der Waals surface area contributed by atoms with E-state index in [2.05, 4.69) is 11.0 Å². The second-order valence-electron chi connectivity index (χ2n) is 1.26. The van der Waals surface area contributed by atoms with Gasteiger partial charge in [-0.1, -0.05) is 0 Å². The van der Waals surface area contributed by atoms with E-state index < -0.39 is 0 Å². The van der Waals surface area contributed by atoms with Gasteiger partial charge in [-0.25, -0.2) is 11.0 Å². The van der Waals surface area contributed by atoms with E-state index in [1.165, 1.54) is 0 Å². The first-order valence-electron chi connectivity index (χ1n) is 1.87. The van der Waals surface area contributed by atoms with E-state index >= 15 is 0 Å². The molecular formula is C2H10BN3. The van der Waals surface area contributed by atoms with Crippen LogP contribution in [0.1, 0.15) is 0 Å². The highest BCUT2D eigenvalue weighted by Crippen LogP contribution is 1.47. The first kappa shape index (κ1) is 5.94. The van der Waals surface area contributed by atoms with Crippen molar-refractivity contribution in [1.82, 2.24) is 15.9 Å². The fraction of sp³-hybridized carbons (Fsp3) is 1.00. The van der Waals surface area contributed by atoms with Crippen LogP contribution in [0.3, 0.4) is 0 Å². The molecule has 0 rings (SSSR count). The third kappa shape index (κ3) is 3.94. The molecule has 0 aliphatic heterocycles. The Morgan fingerprint density at radius 3 is 2.17 bits per heavy atom. The van der Waals surface area contributed by atoms with E-state index in [9.17, 15) is 0 Å². The summed E-state index contributed by atoms with van der Waals surface area (Å²) in [7, 11) is 5.65. The van der Waals surface area contributed by atoms with Crippen molar-refractivity contribution in [3.8, 4) is 0 Å². The average molecular weight is 86.9 g/mol. The van der Waals surface area contributed by atoms with Gasteiger partial charge < -0.3 is 0 Å². The maximum Gasteiger partial charge on any atom is 0.207 e. The summed E-state index contributed by atoms with van der Waals surface area (Å²) >= 11 is 0. The third-order valence-electron chi connectivity index (χ3n) is 0.335. The van der Waals surface area contributed by atoms with Crippen LogP contribution in [0.4, 0.5) is 0 Å². The number of hydrogen-bond donors (Lipinski definition) is 2. The highest BCUT2D eigenvalue weighted by molar-refractivity contribution is 6.03. The predicted molar refractivity (Wildman–Crippen MR) is 28.5 cm³/mol. The molecule has 0 aromatic carbocycles. The van der Waals surface area contributed by atoms with Gasteiger partial charge >= 0.3 is 0 Å². The predicted octanol–water partition coefficient (Wildman–Crippen LogP) is -1.89. The minimum atomic E-state index is 1.82. The molecule has 0 fully saturated rings. The van der Waals surface area contributed by atoms with Crippen LogP contribution in [-0.2, 0) is 0 Å². The molecule has 0 aromatic rings. The first-order chi connectivity index (χ1) is 2.77. The monoisotopic (exact) mass is 87.1 g/mol. The SMILES string of the molecule is BN(C)NNC. The summed E-state index contributed by atoms with van der Waals surface area (Å²) in [5.41, 5.74) is 5.53. The zero-order valence-electron chi connectivity index (χ0n) is 4.45. The molecule has 2 N–H and O–H groups in total. The molecule has 0 aliphatic carbocycles. The van der Waals surface area contributed by atoms with E-state index in [1.54, 1.807) is 0 Å². The topological polar surface area (TPSA) is 27.3 Å².